The molecule has 1 aromatic carbocycles. The number of benzene rings is 1. The number of fused-ring (bicyclic) bond motifs is 1. The SMILES string of the molecule is COc1cn2ncc(-c3cc(NS(C)(=O)=O)c(OC)c(OC)c3)c2cc1S(=O)(=O)C(C)(C)C. The first-order valence-electron chi connectivity index (χ1n) is 9.77. The second-order valence-electron chi connectivity index (χ2n) is 8.34. The molecular weight excluding hydrogens is 470 g/mol. The quantitative estimate of drug-likeness (QED) is 0.528. The Morgan fingerprint density at radius 1 is 0.939 bits per heavy atom. The fourth-order valence-corrected chi connectivity index (χ4v) is 5.18. The second kappa shape index (κ2) is 8.41. The first kappa shape index (κ1) is 24.6. The van der Waals surface area contributed by atoms with Crippen molar-refractivity contribution in [1.29, 1.82) is 0 Å². The summed E-state index contributed by atoms with van der Waals surface area (Å²) >= 11 is 0. The molecule has 0 bridgehead atoms. The lowest BCUT2D eigenvalue weighted by atomic mass is 10.1. The Hall–Kier alpha value is -2.99. The maximum absolute atomic E-state index is 13.2. The van der Waals surface area contributed by atoms with Gasteiger partial charge in [0.25, 0.3) is 0 Å². The van der Waals surface area contributed by atoms with Crippen LogP contribution in [-0.2, 0) is 19.9 Å². The van der Waals surface area contributed by atoms with Crippen molar-refractivity contribution < 1.29 is 31.0 Å². The second-order valence-corrected chi connectivity index (χ2v) is 12.8. The summed E-state index contributed by atoms with van der Waals surface area (Å²) in [5.74, 6) is 0.663. The van der Waals surface area contributed by atoms with Crippen molar-refractivity contribution in [3.8, 4) is 28.4 Å². The summed E-state index contributed by atoms with van der Waals surface area (Å²) in [6, 6.07) is 4.73. The van der Waals surface area contributed by atoms with Crippen LogP contribution in [0.25, 0.3) is 16.6 Å². The average Bonchev–Trinajstić information content (AvgIpc) is 3.13. The van der Waals surface area contributed by atoms with E-state index in [4.69, 9.17) is 14.2 Å². The summed E-state index contributed by atoms with van der Waals surface area (Å²) in [5.41, 5.74) is 1.75. The number of aromatic nitrogens is 2. The van der Waals surface area contributed by atoms with Gasteiger partial charge in [0.05, 0.1) is 55.9 Å². The summed E-state index contributed by atoms with van der Waals surface area (Å²) in [6.07, 6.45) is 4.07. The number of hydrogen-bond donors (Lipinski definition) is 1. The molecule has 3 rings (SSSR count). The van der Waals surface area contributed by atoms with Crippen molar-refractivity contribution >= 4 is 31.1 Å². The van der Waals surface area contributed by atoms with Gasteiger partial charge >= 0.3 is 0 Å². The Bertz CT molecular complexity index is 1420. The topological polar surface area (TPSA) is 125 Å². The molecular formula is C21H27N3O7S2. The molecule has 180 valence electrons. The molecule has 0 radical (unpaired) electrons. The van der Waals surface area contributed by atoms with E-state index in [2.05, 4.69) is 9.82 Å². The van der Waals surface area contributed by atoms with Gasteiger partial charge in [-0.1, -0.05) is 0 Å². The van der Waals surface area contributed by atoms with Gasteiger partial charge in [0.15, 0.2) is 27.1 Å². The first-order chi connectivity index (χ1) is 15.2. The van der Waals surface area contributed by atoms with E-state index in [0.29, 0.717) is 16.6 Å². The number of sulfone groups is 1. The highest BCUT2D eigenvalue weighted by atomic mass is 32.2. The molecule has 0 aliphatic carbocycles. The van der Waals surface area contributed by atoms with Crippen molar-refractivity contribution in [2.24, 2.45) is 0 Å². The zero-order chi connectivity index (χ0) is 24.8. The Balaban J connectivity index is 2.33. The maximum atomic E-state index is 13.2. The van der Waals surface area contributed by atoms with Gasteiger partial charge in [-0.15, -0.1) is 0 Å². The molecule has 2 heterocycles. The van der Waals surface area contributed by atoms with Gasteiger partial charge in [-0.3, -0.25) is 4.72 Å². The van der Waals surface area contributed by atoms with Crippen LogP contribution < -0.4 is 18.9 Å². The molecule has 0 saturated heterocycles. The summed E-state index contributed by atoms with van der Waals surface area (Å²) in [5, 5.41) is 4.32. The Morgan fingerprint density at radius 2 is 1.58 bits per heavy atom. The standard InChI is InChI=1S/C21H27N3O7S2/c1-21(2,3)33(27,28)19-10-16-14(11-22-24(16)12-18(19)30-5)13-8-15(23-32(7,25)26)20(31-6)17(9-13)29-4/h8-12,23H,1-7H3. The number of nitrogens with zero attached hydrogens (tertiary/aromatic N) is 2. The molecule has 0 aliphatic heterocycles. The number of sulfonamides is 1. The fourth-order valence-electron chi connectivity index (χ4n) is 3.30. The molecule has 1 N–H and O–H groups in total. The van der Waals surface area contributed by atoms with Crippen LogP contribution in [0.1, 0.15) is 20.8 Å². The number of rotatable bonds is 7. The van der Waals surface area contributed by atoms with Gasteiger partial charge in [0.1, 0.15) is 4.90 Å². The van der Waals surface area contributed by atoms with E-state index in [-0.39, 0.29) is 27.8 Å². The molecule has 0 aliphatic rings. The molecule has 0 saturated carbocycles. The van der Waals surface area contributed by atoms with Crippen molar-refractivity contribution in [2.45, 2.75) is 30.4 Å². The molecule has 2 aromatic heterocycles. The van der Waals surface area contributed by atoms with Crippen molar-refractivity contribution in [3.63, 3.8) is 0 Å². The normalized spacial score (nSPS) is 12.6. The molecule has 0 amide bonds. The van der Waals surface area contributed by atoms with Gasteiger partial charge in [-0.2, -0.15) is 5.10 Å². The predicted molar refractivity (Wildman–Crippen MR) is 126 cm³/mol. The Morgan fingerprint density at radius 3 is 2.09 bits per heavy atom. The Labute approximate surface area is 193 Å². The highest BCUT2D eigenvalue weighted by Gasteiger charge is 2.34. The first-order valence-corrected chi connectivity index (χ1v) is 13.1. The van der Waals surface area contributed by atoms with E-state index in [9.17, 15) is 16.8 Å². The minimum absolute atomic E-state index is 0.0294. The van der Waals surface area contributed by atoms with Crippen LogP contribution in [0.2, 0.25) is 0 Å². The molecule has 10 nitrogen and oxygen atoms in total. The van der Waals surface area contributed by atoms with Crippen LogP contribution >= 0.6 is 0 Å². The predicted octanol–water partition coefficient (Wildman–Crippen LogP) is 2.97. The van der Waals surface area contributed by atoms with E-state index in [1.54, 1.807) is 39.1 Å². The lowest BCUT2D eigenvalue weighted by molar-refractivity contribution is 0.356. The third-order valence-electron chi connectivity index (χ3n) is 4.99. The van der Waals surface area contributed by atoms with Crippen LogP contribution in [0.5, 0.6) is 17.2 Å². The monoisotopic (exact) mass is 497 g/mol. The smallest absolute Gasteiger partial charge is 0.229 e. The van der Waals surface area contributed by atoms with E-state index < -0.39 is 24.6 Å². The zero-order valence-corrected chi connectivity index (χ0v) is 21.1. The van der Waals surface area contributed by atoms with E-state index >= 15 is 0 Å². The molecule has 0 spiro atoms. The number of hydrogen-bond acceptors (Lipinski definition) is 8. The maximum Gasteiger partial charge on any atom is 0.229 e. The summed E-state index contributed by atoms with van der Waals surface area (Å²) in [4.78, 5) is 0.0294. The average molecular weight is 498 g/mol. The number of nitrogens with one attached hydrogen (secondary N) is 1. The number of methoxy groups -OCH3 is 3. The molecule has 0 fully saturated rings. The van der Waals surface area contributed by atoms with E-state index in [1.807, 2.05) is 0 Å². The summed E-state index contributed by atoms with van der Waals surface area (Å²) in [7, 11) is -3.14. The molecule has 12 heteroatoms. The van der Waals surface area contributed by atoms with Crippen LogP contribution in [0.3, 0.4) is 0 Å². The van der Waals surface area contributed by atoms with Gasteiger partial charge in [0.2, 0.25) is 10.0 Å². The van der Waals surface area contributed by atoms with Crippen LogP contribution in [-0.4, -0.2) is 58.8 Å². The fraction of sp³-hybridized carbons (Fsp3) is 0.381. The van der Waals surface area contributed by atoms with Crippen molar-refractivity contribution in [2.75, 3.05) is 32.3 Å². The van der Waals surface area contributed by atoms with Gasteiger partial charge in [0, 0.05) is 5.56 Å². The van der Waals surface area contributed by atoms with Gasteiger partial charge in [-0.05, 0) is 44.5 Å². The van der Waals surface area contributed by atoms with Crippen LogP contribution in [0, 0.1) is 0 Å². The highest BCUT2D eigenvalue weighted by Crippen LogP contribution is 2.42. The zero-order valence-electron chi connectivity index (χ0n) is 19.5. The molecule has 0 unspecified atom stereocenters. The third kappa shape index (κ3) is 4.58. The summed E-state index contributed by atoms with van der Waals surface area (Å²) in [6.45, 7) is 4.84. The minimum atomic E-state index is -3.75. The van der Waals surface area contributed by atoms with E-state index in [1.165, 1.54) is 38.1 Å². The number of ether oxygens (including phenoxy) is 3. The Kier molecular flexibility index (Phi) is 6.28. The number of pyridine rings is 1. The molecule has 33 heavy (non-hydrogen) atoms. The molecule has 3 aromatic rings. The largest absolute Gasteiger partial charge is 0.494 e. The summed E-state index contributed by atoms with van der Waals surface area (Å²) < 4.78 is 69.2. The van der Waals surface area contributed by atoms with Gasteiger partial charge < -0.3 is 14.2 Å². The van der Waals surface area contributed by atoms with Crippen LogP contribution in [0.4, 0.5) is 5.69 Å². The highest BCUT2D eigenvalue weighted by molar-refractivity contribution is 7.93. The third-order valence-corrected chi connectivity index (χ3v) is 8.09. The van der Waals surface area contributed by atoms with Crippen molar-refractivity contribution in [1.82, 2.24) is 9.61 Å². The van der Waals surface area contributed by atoms with Crippen molar-refractivity contribution in [3.05, 3.63) is 30.6 Å². The van der Waals surface area contributed by atoms with E-state index in [0.717, 1.165) is 6.26 Å². The minimum Gasteiger partial charge on any atom is -0.494 e. The lowest BCUT2D eigenvalue weighted by Crippen LogP contribution is -2.28. The van der Waals surface area contributed by atoms with Gasteiger partial charge in [-0.25, -0.2) is 21.4 Å². The lowest BCUT2D eigenvalue weighted by Gasteiger charge is -2.21. The number of anilines is 1. The van der Waals surface area contributed by atoms with Crippen LogP contribution in [0.15, 0.2) is 35.5 Å². The molecule has 0 atom stereocenters.